The minimum absolute atomic E-state index is 0.228. The normalized spacial score (nSPS) is 11.7. The molecule has 5 aromatic rings. The van der Waals surface area contributed by atoms with Crippen molar-refractivity contribution in [1.82, 2.24) is 40.0 Å². The Morgan fingerprint density at radius 2 is 1.93 bits per heavy atom. The highest BCUT2D eigenvalue weighted by molar-refractivity contribution is 5.95. The number of fused-ring (bicyclic) bond motifs is 2. The molecule has 0 aliphatic carbocycles. The SMILES string of the molecule is CN(C)Cc1cncc(-c2ncc3[nH]nc(-c4nc5ccncc5[nH]4)c3c2F)c1. The number of pyridine rings is 3. The molecular formula is C20H17FN8. The van der Waals surface area contributed by atoms with Crippen molar-refractivity contribution in [1.29, 1.82) is 0 Å². The maximum absolute atomic E-state index is 15.6. The summed E-state index contributed by atoms with van der Waals surface area (Å²) in [5, 5.41) is 7.44. The van der Waals surface area contributed by atoms with E-state index in [1.165, 1.54) is 0 Å². The Labute approximate surface area is 164 Å². The Kier molecular flexibility index (Phi) is 4.02. The van der Waals surface area contributed by atoms with Crippen LogP contribution in [-0.2, 0) is 6.54 Å². The molecule has 5 rings (SSSR count). The largest absolute Gasteiger partial charge is 0.335 e. The lowest BCUT2D eigenvalue weighted by Gasteiger charge is -2.10. The second-order valence-electron chi connectivity index (χ2n) is 7.08. The van der Waals surface area contributed by atoms with Crippen molar-refractivity contribution in [2.24, 2.45) is 0 Å². The van der Waals surface area contributed by atoms with Gasteiger partial charge in [-0.3, -0.25) is 20.1 Å². The summed E-state index contributed by atoms with van der Waals surface area (Å²) in [5.41, 5.74) is 4.21. The fourth-order valence-electron chi connectivity index (χ4n) is 3.39. The van der Waals surface area contributed by atoms with Gasteiger partial charge in [0.1, 0.15) is 11.4 Å². The van der Waals surface area contributed by atoms with Crippen molar-refractivity contribution in [3.8, 4) is 22.8 Å². The number of aromatic amines is 2. The van der Waals surface area contributed by atoms with Crippen LogP contribution in [0.5, 0.6) is 0 Å². The van der Waals surface area contributed by atoms with Crippen molar-refractivity contribution in [2.75, 3.05) is 14.1 Å². The predicted molar refractivity (Wildman–Crippen MR) is 107 cm³/mol. The topological polar surface area (TPSA) is 99.3 Å². The summed E-state index contributed by atoms with van der Waals surface area (Å²) in [7, 11) is 3.94. The molecule has 0 aliphatic heterocycles. The van der Waals surface area contributed by atoms with E-state index < -0.39 is 5.82 Å². The predicted octanol–water partition coefficient (Wildman–Crippen LogP) is 3.16. The summed E-state index contributed by atoms with van der Waals surface area (Å²) >= 11 is 0. The lowest BCUT2D eigenvalue weighted by atomic mass is 10.1. The van der Waals surface area contributed by atoms with Crippen LogP contribution < -0.4 is 0 Å². The second-order valence-corrected chi connectivity index (χ2v) is 7.08. The Hall–Kier alpha value is -3.72. The van der Waals surface area contributed by atoms with Gasteiger partial charge in [-0.1, -0.05) is 0 Å². The first-order valence-electron chi connectivity index (χ1n) is 9.02. The number of nitrogens with one attached hydrogen (secondary N) is 2. The molecule has 0 spiro atoms. The maximum Gasteiger partial charge on any atom is 0.161 e. The third-order valence-corrected chi connectivity index (χ3v) is 4.62. The summed E-state index contributed by atoms with van der Waals surface area (Å²) in [5.74, 6) is 0.00316. The molecule has 0 radical (unpaired) electrons. The summed E-state index contributed by atoms with van der Waals surface area (Å²) in [6, 6.07) is 3.69. The van der Waals surface area contributed by atoms with Gasteiger partial charge in [0.05, 0.1) is 34.3 Å². The Morgan fingerprint density at radius 3 is 2.76 bits per heavy atom. The number of hydrogen-bond acceptors (Lipinski definition) is 6. The quantitative estimate of drug-likeness (QED) is 0.491. The lowest BCUT2D eigenvalue weighted by molar-refractivity contribution is 0.402. The standard InChI is InChI=1S/C20H17FN8/c1-29(2)10-11-5-12(7-23-6-11)18-17(21)16-15(9-24-18)27-28-19(16)20-25-13-3-4-22-8-14(13)26-20/h3-9H,10H2,1-2H3,(H,25,26)(H,27,28). The highest BCUT2D eigenvalue weighted by Gasteiger charge is 2.20. The molecule has 0 saturated heterocycles. The molecule has 0 fully saturated rings. The fourth-order valence-corrected chi connectivity index (χ4v) is 3.39. The highest BCUT2D eigenvalue weighted by Crippen LogP contribution is 2.32. The number of aromatic nitrogens is 7. The number of hydrogen-bond donors (Lipinski definition) is 2. The lowest BCUT2D eigenvalue weighted by Crippen LogP contribution is -2.10. The number of halogens is 1. The van der Waals surface area contributed by atoms with E-state index in [0.29, 0.717) is 34.5 Å². The first-order valence-corrected chi connectivity index (χ1v) is 9.02. The van der Waals surface area contributed by atoms with E-state index in [2.05, 4.69) is 35.1 Å². The fraction of sp³-hybridized carbons (Fsp3) is 0.150. The molecular weight excluding hydrogens is 371 g/mol. The molecule has 9 heteroatoms. The van der Waals surface area contributed by atoms with Gasteiger partial charge in [0.2, 0.25) is 0 Å². The molecule has 0 amide bonds. The van der Waals surface area contributed by atoms with Crippen molar-refractivity contribution in [3.05, 3.63) is 54.5 Å². The number of rotatable bonds is 4. The summed E-state index contributed by atoms with van der Waals surface area (Å²) in [6.07, 6.45) is 8.29. The zero-order chi connectivity index (χ0) is 20.0. The van der Waals surface area contributed by atoms with Crippen molar-refractivity contribution < 1.29 is 4.39 Å². The molecule has 0 atom stereocenters. The summed E-state index contributed by atoms with van der Waals surface area (Å²) < 4.78 is 15.6. The van der Waals surface area contributed by atoms with Gasteiger partial charge in [-0.05, 0) is 31.8 Å². The zero-order valence-electron chi connectivity index (χ0n) is 15.8. The first-order chi connectivity index (χ1) is 14.1. The average Bonchev–Trinajstić information content (AvgIpc) is 3.32. The van der Waals surface area contributed by atoms with Gasteiger partial charge in [0, 0.05) is 30.7 Å². The number of H-pyrrole nitrogens is 2. The van der Waals surface area contributed by atoms with E-state index in [0.717, 1.165) is 16.6 Å². The van der Waals surface area contributed by atoms with Crippen LogP contribution in [0.15, 0.2) is 43.1 Å². The monoisotopic (exact) mass is 388 g/mol. The van der Waals surface area contributed by atoms with E-state index in [1.54, 1.807) is 37.1 Å². The Bertz CT molecular complexity index is 1300. The van der Waals surface area contributed by atoms with Gasteiger partial charge < -0.3 is 9.88 Å². The van der Waals surface area contributed by atoms with Gasteiger partial charge in [-0.25, -0.2) is 9.37 Å². The molecule has 5 aromatic heterocycles. The van der Waals surface area contributed by atoms with Crippen LogP contribution in [-0.4, -0.2) is 54.1 Å². The van der Waals surface area contributed by atoms with Gasteiger partial charge >= 0.3 is 0 Å². The van der Waals surface area contributed by atoms with Crippen LogP contribution in [0.3, 0.4) is 0 Å². The number of imidazole rings is 1. The molecule has 29 heavy (non-hydrogen) atoms. The van der Waals surface area contributed by atoms with Gasteiger partial charge in [-0.2, -0.15) is 5.10 Å². The van der Waals surface area contributed by atoms with Crippen molar-refractivity contribution in [3.63, 3.8) is 0 Å². The molecule has 0 bridgehead atoms. The van der Waals surface area contributed by atoms with Crippen LogP contribution in [0.1, 0.15) is 5.56 Å². The molecule has 0 unspecified atom stereocenters. The molecule has 144 valence electrons. The zero-order valence-corrected chi connectivity index (χ0v) is 15.8. The molecule has 2 N–H and O–H groups in total. The van der Waals surface area contributed by atoms with E-state index in [4.69, 9.17) is 0 Å². The van der Waals surface area contributed by atoms with Crippen LogP contribution >= 0.6 is 0 Å². The summed E-state index contributed by atoms with van der Waals surface area (Å²) in [6.45, 7) is 0.703. The Balaban J connectivity index is 1.66. The molecule has 0 saturated carbocycles. The highest BCUT2D eigenvalue weighted by atomic mass is 19.1. The van der Waals surface area contributed by atoms with Gasteiger partial charge in [0.25, 0.3) is 0 Å². The van der Waals surface area contributed by atoms with Crippen molar-refractivity contribution in [2.45, 2.75) is 6.54 Å². The first kappa shape index (κ1) is 17.4. The smallest absolute Gasteiger partial charge is 0.161 e. The van der Waals surface area contributed by atoms with Crippen molar-refractivity contribution >= 4 is 21.9 Å². The summed E-state index contributed by atoms with van der Waals surface area (Å²) in [4.78, 5) is 22.3. The molecule has 0 aromatic carbocycles. The van der Waals surface area contributed by atoms with Crippen LogP contribution in [0.2, 0.25) is 0 Å². The number of nitrogens with zero attached hydrogens (tertiary/aromatic N) is 6. The van der Waals surface area contributed by atoms with E-state index >= 15 is 4.39 Å². The molecule has 8 nitrogen and oxygen atoms in total. The minimum Gasteiger partial charge on any atom is -0.335 e. The van der Waals surface area contributed by atoms with E-state index in [-0.39, 0.29) is 5.69 Å². The van der Waals surface area contributed by atoms with E-state index in [9.17, 15) is 0 Å². The third kappa shape index (κ3) is 3.01. The van der Waals surface area contributed by atoms with Crippen LogP contribution in [0.25, 0.3) is 44.7 Å². The van der Waals surface area contributed by atoms with E-state index in [1.807, 2.05) is 25.1 Å². The molecule has 0 aliphatic rings. The van der Waals surface area contributed by atoms with Gasteiger partial charge in [0.15, 0.2) is 11.6 Å². The average molecular weight is 388 g/mol. The third-order valence-electron chi connectivity index (χ3n) is 4.62. The minimum atomic E-state index is -0.464. The van der Waals surface area contributed by atoms with Crippen LogP contribution in [0.4, 0.5) is 4.39 Å². The molecule has 5 heterocycles. The second kappa shape index (κ2) is 6.71. The maximum atomic E-state index is 15.6. The Morgan fingerprint density at radius 1 is 1.03 bits per heavy atom. The van der Waals surface area contributed by atoms with Gasteiger partial charge in [-0.15, -0.1) is 0 Å². The van der Waals surface area contributed by atoms with Crippen LogP contribution in [0, 0.1) is 5.82 Å².